The lowest BCUT2D eigenvalue weighted by molar-refractivity contribution is 0.560. The number of aromatic nitrogens is 5. The van der Waals surface area contributed by atoms with E-state index in [1.807, 2.05) is 29.6 Å². The lowest BCUT2D eigenvalue weighted by Crippen LogP contribution is -2.24. The molecule has 4 heterocycles. The number of aryl methyl sites for hydroxylation is 1. The van der Waals surface area contributed by atoms with Gasteiger partial charge in [-0.25, -0.2) is 23.0 Å². The Balaban J connectivity index is 1.56. The highest BCUT2D eigenvalue weighted by Gasteiger charge is 2.30. The van der Waals surface area contributed by atoms with E-state index >= 15 is 0 Å². The maximum absolute atomic E-state index is 14.4. The van der Waals surface area contributed by atoms with Crippen molar-refractivity contribution in [1.82, 2.24) is 24.4 Å². The first-order chi connectivity index (χ1) is 14.1. The zero-order chi connectivity index (χ0) is 20.0. The molecule has 148 valence electrons. The number of halogens is 2. The number of rotatable bonds is 4. The second-order valence-electron chi connectivity index (χ2n) is 7.25. The van der Waals surface area contributed by atoms with Crippen molar-refractivity contribution < 1.29 is 8.78 Å². The zero-order valence-corrected chi connectivity index (χ0v) is 16.0. The summed E-state index contributed by atoms with van der Waals surface area (Å²) in [6.45, 7) is 2.81. The minimum Gasteiger partial charge on any atom is -0.349 e. The summed E-state index contributed by atoms with van der Waals surface area (Å²) in [5.41, 5.74) is 2.94. The molecule has 0 saturated carbocycles. The highest BCUT2D eigenvalue weighted by atomic mass is 19.1. The van der Waals surface area contributed by atoms with Crippen LogP contribution in [0.5, 0.6) is 0 Å². The Morgan fingerprint density at radius 1 is 1.14 bits per heavy atom. The molecule has 0 N–H and O–H groups in total. The summed E-state index contributed by atoms with van der Waals surface area (Å²) in [6.07, 6.45) is 9.89. The van der Waals surface area contributed by atoms with Crippen LogP contribution >= 0.6 is 0 Å². The monoisotopic (exact) mass is 394 g/mol. The molecule has 4 aromatic rings. The second kappa shape index (κ2) is 6.95. The van der Waals surface area contributed by atoms with Crippen LogP contribution in [0.3, 0.4) is 0 Å². The van der Waals surface area contributed by atoms with Gasteiger partial charge in [-0.1, -0.05) is 6.92 Å². The fourth-order valence-electron chi connectivity index (χ4n) is 3.98. The number of benzene rings is 1. The molecular formula is C21H20F2N6. The topological polar surface area (TPSA) is 51.3 Å². The Morgan fingerprint density at radius 2 is 2.03 bits per heavy atom. The van der Waals surface area contributed by atoms with Gasteiger partial charge in [-0.15, -0.1) is 0 Å². The van der Waals surface area contributed by atoms with E-state index in [4.69, 9.17) is 4.98 Å². The first kappa shape index (κ1) is 17.8. The van der Waals surface area contributed by atoms with Crippen LogP contribution < -0.4 is 4.90 Å². The van der Waals surface area contributed by atoms with Crippen molar-refractivity contribution in [3.8, 4) is 5.69 Å². The molecule has 29 heavy (non-hydrogen) atoms. The average molecular weight is 394 g/mol. The third-order valence-electron chi connectivity index (χ3n) is 5.49. The molecule has 1 aliphatic heterocycles. The van der Waals surface area contributed by atoms with Gasteiger partial charge >= 0.3 is 0 Å². The van der Waals surface area contributed by atoms with Crippen LogP contribution in [0.1, 0.15) is 36.9 Å². The van der Waals surface area contributed by atoms with Gasteiger partial charge in [0.25, 0.3) is 0 Å². The maximum atomic E-state index is 14.4. The largest absolute Gasteiger partial charge is 0.349 e. The Morgan fingerprint density at radius 3 is 2.86 bits per heavy atom. The van der Waals surface area contributed by atoms with Crippen molar-refractivity contribution in [1.29, 1.82) is 0 Å². The SMILES string of the molecule is CCc1cnn(-c2cnn3ccc(N4CCCC4c4cc(F)ccc4F)nc23)c1. The molecule has 3 aromatic heterocycles. The lowest BCUT2D eigenvalue weighted by Gasteiger charge is -2.26. The number of nitrogens with zero attached hydrogens (tertiary/aromatic N) is 6. The van der Waals surface area contributed by atoms with Crippen LogP contribution in [0.2, 0.25) is 0 Å². The predicted molar refractivity (Wildman–Crippen MR) is 105 cm³/mol. The van der Waals surface area contributed by atoms with E-state index < -0.39 is 11.6 Å². The zero-order valence-electron chi connectivity index (χ0n) is 16.0. The number of hydrogen-bond donors (Lipinski definition) is 0. The highest BCUT2D eigenvalue weighted by Crippen LogP contribution is 2.37. The van der Waals surface area contributed by atoms with Gasteiger partial charge in [0.1, 0.15) is 23.1 Å². The van der Waals surface area contributed by atoms with Crippen molar-refractivity contribution in [2.24, 2.45) is 0 Å². The molecule has 8 heteroatoms. The van der Waals surface area contributed by atoms with Crippen LogP contribution in [0.15, 0.2) is 49.1 Å². The fraction of sp³-hybridized carbons (Fsp3) is 0.286. The van der Waals surface area contributed by atoms with Crippen LogP contribution in [0.4, 0.5) is 14.6 Å². The van der Waals surface area contributed by atoms with Gasteiger partial charge in [0.05, 0.1) is 18.4 Å². The molecule has 1 saturated heterocycles. The van der Waals surface area contributed by atoms with Crippen LogP contribution in [0.25, 0.3) is 11.3 Å². The molecule has 1 atom stereocenters. The molecule has 0 bridgehead atoms. The van der Waals surface area contributed by atoms with Crippen LogP contribution in [0, 0.1) is 11.6 Å². The van der Waals surface area contributed by atoms with Gasteiger partial charge in [-0.05, 0) is 49.1 Å². The van der Waals surface area contributed by atoms with Crippen molar-refractivity contribution in [2.75, 3.05) is 11.4 Å². The number of fused-ring (bicyclic) bond motifs is 1. The summed E-state index contributed by atoms with van der Waals surface area (Å²) in [7, 11) is 0. The maximum Gasteiger partial charge on any atom is 0.183 e. The third kappa shape index (κ3) is 3.04. The van der Waals surface area contributed by atoms with Crippen molar-refractivity contribution in [2.45, 2.75) is 32.2 Å². The van der Waals surface area contributed by atoms with Gasteiger partial charge in [-0.2, -0.15) is 10.2 Å². The molecule has 0 spiro atoms. The van der Waals surface area contributed by atoms with Gasteiger partial charge < -0.3 is 4.90 Å². The van der Waals surface area contributed by atoms with E-state index in [2.05, 4.69) is 17.1 Å². The van der Waals surface area contributed by atoms with Gasteiger partial charge in [0.15, 0.2) is 5.65 Å². The quantitative estimate of drug-likeness (QED) is 0.523. The minimum atomic E-state index is -0.430. The molecule has 6 nitrogen and oxygen atoms in total. The molecule has 1 aliphatic rings. The van der Waals surface area contributed by atoms with Crippen LogP contribution in [-0.2, 0) is 6.42 Å². The van der Waals surface area contributed by atoms with E-state index in [-0.39, 0.29) is 6.04 Å². The number of anilines is 1. The molecule has 1 aromatic carbocycles. The van der Waals surface area contributed by atoms with E-state index in [0.29, 0.717) is 17.0 Å². The summed E-state index contributed by atoms with van der Waals surface area (Å²) in [6, 6.07) is 5.24. The molecule has 1 fully saturated rings. The third-order valence-corrected chi connectivity index (χ3v) is 5.49. The van der Waals surface area contributed by atoms with Gasteiger partial charge in [0, 0.05) is 24.5 Å². The van der Waals surface area contributed by atoms with Crippen molar-refractivity contribution in [3.63, 3.8) is 0 Å². The first-order valence-electron chi connectivity index (χ1n) is 9.74. The number of hydrogen-bond acceptors (Lipinski definition) is 4. The lowest BCUT2D eigenvalue weighted by atomic mass is 10.0. The molecular weight excluding hydrogens is 374 g/mol. The standard InChI is InChI=1S/C21H20F2N6/c1-2-14-11-24-29(13-14)19-12-25-28-9-7-20(26-21(19)28)27-8-3-4-18(27)16-10-15(22)5-6-17(16)23/h5-7,9-13,18H,2-4,8H2,1H3. The molecule has 1 unspecified atom stereocenters. The Labute approximate surface area is 166 Å². The molecule has 0 amide bonds. The molecule has 0 radical (unpaired) electrons. The molecule has 0 aliphatic carbocycles. The van der Waals surface area contributed by atoms with Crippen molar-refractivity contribution in [3.05, 3.63) is 71.8 Å². The first-order valence-corrected chi connectivity index (χ1v) is 9.74. The summed E-state index contributed by atoms with van der Waals surface area (Å²) >= 11 is 0. The van der Waals surface area contributed by atoms with Gasteiger partial charge in [0.2, 0.25) is 0 Å². The Bertz CT molecular complexity index is 1180. The Hall–Kier alpha value is -3.29. The van der Waals surface area contributed by atoms with E-state index in [0.717, 1.165) is 43.1 Å². The second-order valence-corrected chi connectivity index (χ2v) is 7.25. The summed E-state index contributed by atoms with van der Waals surface area (Å²) in [5.74, 6) is -0.105. The summed E-state index contributed by atoms with van der Waals surface area (Å²) < 4.78 is 31.6. The van der Waals surface area contributed by atoms with E-state index in [1.54, 1.807) is 15.4 Å². The van der Waals surface area contributed by atoms with E-state index in [9.17, 15) is 8.78 Å². The van der Waals surface area contributed by atoms with Crippen LogP contribution in [-0.4, -0.2) is 30.9 Å². The predicted octanol–water partition coefficient (Wildman–Crippen LogP) is 4.10. The Kier molecular flexibility index (Phi) is 4.26. The normalized spacial score (nSPS) is 16.8. The van der Waals surface area contributed by atoms with Crippen molar-refractivity contribution >= 4 is 11.5 Å². The molecule has 5 rings (SSSR count). The van der Waals surface area contributed by atoms with Gasteiger partial charge in [-0.3, -0.25) is 0 Å². The summed E-state index contributed by atoms with van der Waals surface area (Å²) in [4.78, 5) is 6.84. The average Bonchev–Trinajstić information content (AvgIpc) is 3.47. The highest BCUT2D eigenvalue weighted by molar-refractivity contribution is 5.61. The summed E-state index contributed by atoms with van der Waals surface area (Å²) in [5, 5.41) is 8.78. The minimum absolute atomic E-state index is 0.247. The fourth-order valence-corrected chi connectivity index (χ4v) is 3.98. The smallest absolute Gasteiger partial charge is 0.183 e. The van der Waals surface area contributed by atoms with E-state index in [1.165, 1.54) is 12.1 Å².